The lowest BCUT2D eigenvalue weighted by atomic mass is 9.95. The largest absolute Gasteiger partial charge is 0.339 e. The molecule has 1 aromatic rings. The Kier molecular flexibility index (Phi) is 3.74. The number of benzene rings is 1. The molecule has 3 N–H and O–H groups in total. The summed E-state index contributed by atoms with van der Waals surface area (Å²) in [6.07, 6.45) is 0. The molecule has 1 aliphatic rings. The molecule has 4 heteroatoms. The van der Waals surface area contributed by atoms with E-state index in [9.17, 15) is 4.79 Å². The monoisotopic (exact) mass is 250 g/mol. The first-order chi connectivity index (χ1) is 8.11. The van der Waals surface area contributed by atoms with Crippen LogP contribution in [0.5, 0.6) is 0 Å². The van der Waals surface area contributed by atoms with Crippen molar-refractivity contribution in [2.75, 3.05) is 5.75 Å². The van der Waals surface area contributed by atoms with Gasteiger partial charge in [-0.2, -0.15) is 0 Å². The highest BCUT2D eigenvalue weighted by Gasteiger charge is 2.25. The second-order valence-electron chi connectivity index (χ2n) is 4.58. The van der Waals surface area contributed by atoms with Gasteiger partial charge in [0, 0.05) is 6.54 Å². The number of carbonyl (C=O) groups excluding carboxylic acids is 1. The summed E-state index contributed by atoms with van der Waals surface area (Å²) in [4.78, 5) is 11.3. The fourth-order valence-corrected chi connectivity index (χ4v) is 3.06. The Hall–Kier alpha value is -1.000. The van der Waals surface area contributed by atoms with E-state index in [1.165, 1.54) is 11.1 Å². The van der Waals surface area contributed by atoms with Crippen LogP contribution in [0.3, 0.4) is 0 Å². The Labute approximate surface area is 106 Å². The van der Waals surface area contributed by atoms with Gasteiger partial charge in [0.25, 0.3) is 0 Å². The van der Waals surface area contributed by atoms with Crippen molar-refractivity contribution in [3.63, 3.8) is 0 Å². The molecule has 1 atom stereocenters. The summed E-state index contributed by atoms with van der Waals surface area (Å²) in [7, 11) is 0. The summed E-state index contributed by atoms with van der Waals surface area (Å²) in [6.45, 7) is 4.88. The molecule has 3 nitrogen and oxygen atoms in total. The summed E-state index contributed by atoms with van der Waals surface area (Å²) < 4.78 is 0. The molecule has 0 saturated carbocycles. The standard InChI is InChI=1S/C13H18N2OS/c1-8(2)10-4-3-9(6-14)5-11(10)13-15-12(16)7-17-13/h3-5,8,13H,6-7,14H2,1-2H3,(H,15,16). The number of hydrogen-bond acceptors (Lipinski definition) is 3. The average molecular weight is 250 g/mol. The van der Waals surface area contributed by atoms with Crippen molar-refractivity contribution in [1.29, 1.82) is 0 Å². The summed E-state index contributed by atoms with van der Waals surface area (Å²) in [6, 6.07) is 6.33. The van der Waals surface area contributed by atoms with Crippen LogP contribution >= 0.6 is 11.8 Å². The number of nitrogens with two attached hydrogens (primary N) is 1. The third kappa shape index (κ3) is 2.64. The van der Waals surface area contributed by atoms with Crippen LogP contribution in [-0.2, 0) is 11.3 Å². The summed E-state index contributed by atoms with van der Waals surface area (Å²) in [5, 5.41) is 3.09. The quantitative estimate of drug-likeness (QED) is 0.864. The molecule has 0 bridgehead atoms. The minimum atomic E-state index is 0.0893. The zero-order valence-electron chi connectivity index (χ0n) is 10.2. The minimum absolute atomic E-state index is 0.0893. The Morgan fingerprint density at radius 1 is 1.53 bits per heavy atom. The number of rotatable bonds is 3. The number of carbonyl (C=O) groups is 1. The van der Waals surface area contributed by atoms with Crippen molar-refractivity contribution in [3.8, 4) is 0 Å². The Morgan fingerprint density at radius 2 is 2.29 bits per heavy atom. The zero-order valence-corrected chi connectivity index (χ0v) is 11.0. The van der Waals surface area contributed by atoms with Gasteiger partial charge in [0.05, 0.1) is 5.75 Å². The molecule has 92 valence electrons. The normalized spacial score (nSPS) is 19.8. The van der Waals surface area contributed by atoms with Crippen LogP contribution < -0.4 is 11.1 Å². The van der Waals surface area contributed by atoms with Crippen molar-refractivity contribution >= 4 is 17.7 Å². The molecule has 17 heavy (non-hydrogen) atoms. The lowest BCUT2D eigenvalue weighted by molar-refractivity contribution is -0.118. The molecule has 0 aliphatic carbocycles. The number of nitrogens with one attached hydrogen (secondary N) is 1. The van der Waals surface area contributed by atoms with Gasteiger partial charge in [0.1, 0.15) is 5.37 Å². The minimum Gasteiger partial charge on any atom is -0.339 e. The molecule has 1 aliphatic heterocycles. The first-order valence-electron chi connectivity index (χ1n) is 5.85. The van der Waals surface area contributed by atoms with Gasteiger partial charge in [-0.1, -0.05) is 32.0 Å². The van der Waals surface area contributed by atoms with Gasteiger partial charge < -0.3 is 11.1 Å². The predicted octanol–water partition coefficient (Wildman–Crippen LogP) is 2.13. The summed E-state index contributed by atoms with van der Waals surface area (Å²) in [5.74, 6) is 1.12. The van der Waals surface area contributed by atoms with E-state index in [0.29, 0.717) is 18.2 Å². The molecular formula is C13H18N2OS. The van der Waals surface area contributed by atoms with Crippen LogP contribution in [0.4, 0.5) is 0 Å². The van der Waals surface area contributed by atoms with E-state index in [2.05, 4.69) is 37.4 Å². The molecule has 1 fully saturated rings. The lowest BCUT2D eigenvalue weighted by Gasteiger charge is -2.18. The van der Waals surface area contributed by atoms with Gasteiger partial charge in [0.2, 0.25) is 5.91 Å². The first-order valence-corrected chi connectivity index (χ1v) is 6.90. The van der Waals surface area contributed by atoms with E-state index in [0.717, 1.165) is 5.56 Å². The van der Waals surface area contributed by atoms with E-state index in [1.54, 1.807) is 11.8 Å². The van der Waals surface area contributed by atoms with Crippen LogP contribution in [0, 0.1) is 0 Å². The van der Waals surface area contributed by atoms with Crippen molar-refractivity contribution in [2.24, 2.45) is 5.73 Å². The van der Waals surface area contributed by atoms with Crippen LogP contribution in [0.15, 0.2) is 18.2 Å². The third-order valence-electron chi connectivity index (χ3n) is 2.96. The fraction of sp³-hybridized carbons (Fsp3) is 0.462. The second kappa shape index (κ2) is 5.10. The van der Waals surface area contributed by atoms with E-state index >= 15 is 0 Å². The zero-order chi connectivity index (χ0) is 12.4. The van der Waals surface area contributed by atoms with Gasteiger partial charge in [-0.3, -0.25) is 4.79 Å². The maximum absolute atomic E-state index is 11.3. The molecule has 1 amide bonds. The molecule has 1 aromatic carbocycles. The van der Waals surface area contributed by atoms with Crippen LogP contribution in [-0.4, -0.2) is 11.7 Å². The van der Waals surface area contributed by atoms with Gasteiger partial charge in [-0.15, -0.1) is 11.8 Å². The molecule has 0 radical (unpaired) electrons. The smallest absolute Gasteiger partial charge is 0.231 e. The molecule has 1 unspecified atom stereocenters. The first kappa shape index (κ1) is 12.5. The third-order valence-corrected chi connectivity index (χ3v) is 4.10. The van der Waals surface area contributed by atoms with E-state index in [1.807, 2.05) is 0 Å². The molecule has 0 aromatic heterocycles. The lowest BCUT2D eigenvalue weighted by Crippen LogP contribution is -2.20. The van der Waals surface area contributed by atoms with E-state index in [-0.39, 0.29) is 11.3 Å². The maximum atomic E-state index is 11.3. The topological polar surface area (TPSA) is 55.1 Å². The van der Waals surface area contributed by atoms with Crippen LogP contribution in [0.1, 0.15) is 41.8 Å². The molecule has 0 spiro atoms. The maximum Gasteiger partial charge on any atom is 0.231 e. The highest BCUT2D eigenvalue weighted by molar-refractivity contribution is 8.00. The van der Waals surface area contributed by atoms with Crippen molar-refractivity contribution in [2.45, 2.75) is 31.7 Å². The van der Waals surface area contributed by atoms with Crippen LogP contribution in [0.25, 0.3) is 0 Å². The van der Waals surface area contributed by atoms with E-state index < -0.39 is 0 Å². The highest BCUT2D eigenvalue weighted by Crippen LogP contribution is 2.35. The second-order valence-corrected chi connectivity index (χ2v) is 5.67. The van der Waals surface area contributed by atoms with Crippen molar-refractivity contribution in [3.05, 3.63) is 34.9 Å². The molecular weight excluding hydrogens is 232 g/mol. The van der Waals surface area contributed by atoms with Gasteiger partial charge >= 0.3 is 0 Å². The number of thioether (sulfide) groups is 1. The predicted molar refractivity (Wildman–Crippen MR) is 71.8 cm³/mol. The number of amides is 1. The van der Waals surface area contributed by atoms with E-state index in [4.69, 9.17) is 5.73 Å². The fourth-order valence-electron chi connectivity index (χ4n) is 2.06. The Balaban J connectivity index is 2.38. The highest BCUT2D eigenvalue weighted by atomic mass is 32.2. The number of hydrogen-bond donors (Lipinski definition) is 2. The average Bonchev–Trinajstić information content (AvgIpc) is 2.75. The van der Waals surface area contributed by atoms with Gasteiger partial charge in [-0.25, -0.2) is 0 Å². The Bertz CT molecular complexity index is 431. The Morgan fingerprint density at radius 3 is 2.82 bits per heavy atom. The molecule has 2 rings (SSSR count). The SMILES string of the molecule is CC(C)c1ccc(CN)cc1C1NC(=O)CS1. The van der Waals surface area contributed by atoms with Crippen molar-refractivity contribution in [1.82, 2.24) is 5.32 Å². The summed E-state index contributed by atoms with van der Waals surface area (Å²) in [5.41, 5.74) is 9.29. The van der Waals surface area contributed by atoms with Gasteiger partial charge in [0.15, 0.2) is 0 Å². The molecule has 1 heterocycles. The van der Waals surface area contributed by atoms with Crippen molar-refractivity contribution < 1.29 is 4.79 Å². The summed E-state index contributed by atoms with van der Waals surface area (Å²) >= 11 is 1.65. The van der Waals surface area contributed by atoms with Gasteiger partial charge in [-0.05, 0) is 22.6 Å². The van der Waals surface area contributed by atoms with Crippen LogP contribution in [0.2, 0.25) is 0 Å². The molecule has 1 saturated heterocycles.